The Hall–Kier alpha value is -1.40. The van der Waals surface area contributed by atoms with Gasteiger partial charge in [0.2, 0.25) is 0 Å². The zero-order valence-corrected chi connectivity index (χ0v) is 20.4. The Balaban J connectivity index is 2.50. The van der Waals surface area contributed by atoms with E-state index in [1.165, 1.54) is 6.26 Å². The van der Waals surface area contributed by atoms with E-state index in [9.17, 15) is 9.13 Å². The molecule has 2 unspecified atom stereocenters. The highest BCUT2D eigenvalue weighted by molar-refractivity contribution is 7.55. The predicted octanol–water partition coefficient (Wildman–Crippen LogP) is 6.68. The molecule has 10 heteroatoms. The van der Waals surface area contributed by atoms with Crippen LogP contribution in [0.2, 0.25) is 0 Å². The largest absolute Gasteiger partial charge is 0.468 e. The van der Waals surface area contributed by atoms with Crippen LogP contribution >= 0.6 is 15.2 Å². The fourth-order valence-corrected chi connectivity index (χ4v) is 7.42. The smallest absolute Gasteiger partial charge is 0.352 e. The number of para-hydroxylation sites is 1. The van der Waals surface area contributed by atoms with Gasteiger partial charge in [0.05, 0.1) is 32.7 Å². The molecule has 2 atom stereocenters. The minimum absolute atomic E-state index is 0.0803. The second kappa shape index (κ2) is 12.6. The Labute approximate surface area is 184 Å². The second-order valence-electron chi connectivity index (χ2n) is 6.54. The molecule has 0 aliphatic heterocycles. The van der Waals surface area contributed by atoms with E-state index in [1.807, 2.05) is 30.3 Å². The quantitative estimate of drug-likeness (QED) is 0.286. The number of hydrogen-bond donors (Lipinski definition) is 1. The summed E-state index contributed by atoms with van der Waals surface area (Å²) in [6.45, 7) is 7.78. The van der Waals surface area contributed by atoms with Crippen molar-refractivity contribution in [3.63, 3.8) is 0 Å². The van der Waals surface area contributed by atoms with E-state index in [0.29, 0.717) is 5.76 Å². The van der Waals surface area contributed by atoms with E-state index >= 15 is 0 Å². The molecule has 31 heavy (non-hydrogen) atoms. The normalized spacial score (nSPS) is 14.3. The summed E-state index contributed by atoms with van der Waals surface area (Å²) in [6, 6.07) is 12.7. The summed E-state index contributed by atoms with van der Waals surface area (Å²) < 4.78 is 55.6. The Morgan fingerprint density at radius 2 is 1.35 bits per heavy atom. The van der Waals surface area contributed by atoms with Crippen LogP contribution in [0.3, 0.4) is 0 Å². The van der Waals surface area contributed by atoms with Crippen molar-refractivity contribution >= 4 is 20.9 Å². The van der Waals surface area contributed by atoms with Crippen molar-refractivity contribution < 1.29 is 31.6 Å². The highest BCUT2D eigenvalue weighted by atomic mass is 31.2. The molecule has 1 aromatic carbocycles. The molecule has 0 saturated heterocycles. The Morgan fingerprint density at radius 3 is 1.84 bits per heavy atom. The molecule has 0 aliphatic rings. The number of benzene rings is 1. The first-order chi connectivity index (χ1) is 14.9. The summed E-state index contributed by atoms with van der Waals surface area (Å²) in [7, 11) is -7.29. The number of anilines is 1. The molecule has 0 radical (unpaired) electrons. The molecule has 0 spiro atoms. The first-order valence-corrected chi connectivity index (χ1v) is 13.8. The molecule has 8 nitrogen and oxygen atoms in total. The molecule has 1 aromatic heterocycles. The fraction of sp³-hybridized carbons (Fsp3) is 0.524. The van der Waals surface area contributed by atoms with Crippen LogP contribution in [0.4, 0.5) is 5.69 Å². The third kappa shape index (κ3) is 7.04. The van der Waals surface area contributed by atoms with Crippen LogP contribution in [0, 0.1) is 0 Å². The van der Waals surface area contributed by atoms with Gasteiger partial charge in [0.25, 0.3) is 0 Å². The molecule has 0 bridgehead atoms. The molecule has 1 heterocycles. The molecule has 2 rings (SSSR count). The Bertz CT molecular complexity index is 825. The number of furan rings is 1. The second-order valence-corrected chi connectivity index (χ2v) is 11.0. The van der Waals surface area contributed by atoms with Crippen molar-refractivity contribution in [2.24, 2.45) is 0 Å². The Kier molecular flexibility index (Phi) is 10.5. The SMILES string of the molecule is CCOP(=O)(OCC)C(CC(c1ccco1)P(=O)(OCC)OCC)Nc1ccccc1. The lowest BCUT2D eigenvalue weighted by molar-refractivity contribution is 0.201. The topological polar surface area (TPSA) is 96.2 Å². The summed E-state index contributed by atoms with van der Waals surface area (Å²) in [4.78, 5) is 0. The minimum Gasteiger partial charge on any atom is -0.468 e. The molecule has 0 saturated carbocycles. The van der Waals surface area contributed by atoms with Gasteiger partial charge in [-0.1, -0.05) is 18.2 Å². The molecular weight excluding hydrogens is 440 g/mol. The van der Waals surface area contributed by atoms with Crippen molar-refractivity contribution in [3.8, 4) is 0 Å². The van der Waals surface area contributed by atoms with Gasteiger partial charge in [-0.25, -0.2) is 0 Å². The molecular formula is C21H33NO7P2. The van der Waals surface area contributed by atoms with Gasteiger partial charge in [-0.05, 0) is 52.0 Å². The van der Waals surface area contributed by atoms with E-state index in [0.717, 1.165) is 5.69 Å². The van der Waals surface area contributed by atoms with Crippen LogP contribution in [0.25, 0.3) is 0 Å². The summed E-state index contributed by atoms with van der Waals surface area (Å²) in [5.41, 5.74) is -0.0779. The van der Waals surface area contributed by atoms with E-state index < -0.39 is 26.6 Å². The van der Waals surface area contributed by atoms with Crippen LogP contribution in [0.1, 0.15) is 45.5 Å². The minimum atomic E-state index is -3.65. The molecule has 2 aromatic rings. The summed E-state index contributed by atoms with van der Waals surface area (Å²) >= 11 is 0. The maximum absolute atomic E-state index is 13.8. The number of rotatable bonds is 15. The first-order valence-electron chi connectivity index (χ1n) is 10.5. The molecule has 0 aliphatic carbocycles. The van der Waals surface area contributed by atoms with Crippen LogP contribution in [0.15, 0.2) is 53.1 Å². The standard InChI is InChI=1S/C21H33NO7P2/c1-5-26-30(23,27-6-2)20(19-15-12-16-25-19)17-21(22-18-13-10-9-11-14-18)31(24,28-7-3)29-8-4/h9-16,20-22H,5-8,17H2,1-4H3. The molecule has 0 fully saturated rings. The zero-order chi connectivity index (χ0) is 22.7. The van der Waals surface area contributed by atoms with Gasteiger partial charge in [0.1, 0.15) is 17.2 Å². The van der Waals surface area contributed by atoms with Gasteiger partial charge < -0.3 is 27.8 Å². The predicted molar refractivity (Wildman–Crippen MR) is 122 cm³/mol. The summed E-state index contributed by atoms with van der Waals surface area (Å²) in [5, 5.41) is 3.25. The van der Waals surface area contributed by atoms with E-state index in [1.54, 1.807) is 39.8 Å². The van der Waals surface area contributed by atoms with Crippen molar-refractivity contribution in [2.45, 2.75) is 45.6 Å². The lowest BCUT2D eigenvalue weighted by Gasteiger charge is -2.32. The molecule has 174 valence electrons. The maximum atomic E-state index is 13.8. The number of nitrogens with one attached hydrogen (secondary N) is 1. The molecule has 1 N–H and O–H groups in total. The molecule has 0 amide bonds. The van der Waals surface area contributed by atoms with Gasteiger partial charge in [-0.15, -0.1) is 0 Å². The highest BCUT2D eigenvalue weighted by Crippen LogP contribution is 2.66. The van der Waals surface area contributed by atoms with E-state index in [4.69, 9.17) is 22.5 Å². The van der Waals surface area contributed by atoms with Crippen molar-refractivity contribution in [1.29, 1.82) is 0 Å². The van der Waals surface area contributed by atoms with Gasteiger partial charge in [0, 0.05) is 12.1 Å². The maximum Gasteiger partial charge on any atom is 0.352 e. The third-order valence-corrected chi connectivity index (χ3v) is 9.23. The average Bonchev–Trinajstić information content (AvgIpc) is 3.26. The van der Waals surface area contributed by atoms with Crippen LogP contribution in [0.5, 0.6) is 0 Å². The van der Waals surface area contributed by atoms with Gasteiger partial charge in [0.15, 0.2) is 0 Å². The number of hydrogen-bond acceptors (Lipinski definition) is 8. The third-order valence-electron chi connectivity index (χ3n) is 4.42. The summed E-state index contributed by atoms with van der Waals surface area (Å²) in [5.74, 6) is -0.399. The van der Waals surface area contributed by atoms with Crippen LogP contribution < -0.4 is 5.32 Å². The fourth-order valence-electron chi connectivity index (χ4n) is 3.24. The van der Waals surface area contributed by atoms with E-state index in [2.05, 4.69) is 5.32 Å². The summed E-state index contributed by atoms with van der Waals surface area (Å²) in [6.07, 6.45) is 1.58. The highest BCUT2D eigenvalue weighted by Gasteiger charge is 2.46. The van der Waals surface area contributed by atoms with Crippen molar-refractivity contribution in [3.05, 3.63) is 54.5 Å². The van der Waals surface area contributed by atoms with E-state index in [-0.39, 0.29) is 32.8 Å². The van der Waals surface area contributed by atoms with Gasteiger partial charge in [-0.2, -0.15) is 0 Å². The lowest BCUT2D eigenvalue weighted by atomic mass is 10.2. The zero-order valence-electron chi connectivity index (χ0n) is 18.6. The van der Waals surface area contributed by atoms with Gasteiger partial charge in [-0.3, -0.25) is 9.13 Å². The van der Waals surface area contributed by atoms with Crippen molar-refractivity contribution in [2.75, 3.05) is 31.7 Å². The lowest BCUT2D eigenvalue weighted by Crippen LogP contribution is -2.26. The Morgan fingerprint density at radius 1 is 0.806 bits per heavy atom. The van der Waals surface area contributed by atoms with Gasteiger partial charge >= 0.3 is 15.2 Å². The van der Waals surface area contributed by atoms with Crippen molar-refractivity contribution in [1.82, 2.24) is 0 Å². The monoisotopic (exact) mass is 473 g/mol. The van der Waals surface area contributed by atoms with Crippen LogP contribution in [-0.4, -0.2) is 32.2 Å². The first kappa shape index (κ1) is 25.9. The average molecular weight is 473 g/mol. The van der Waals surface area contributed by atoms with Crippen LogP contribution in [-0.2, 0) is 27.2 Å².